The molecule has 2 heterocycles. The minimum absolute atomic E-state index is 0.554. The zero-order valence-electron chi connectivity index (χ0n) is 12.2. The lowest BCUT2D eigenvalue weighted by molar-refractivity contribution is -0.140. The molecule has 3 rings (SSSR count). The van der Waals surface area contributed by atoms with E-state index < -0.39 is 0 Å². The first-order valence-corrected chi connectivity index (χ1v) is 7.56. The quantitative estimate of drug-likeness (QED) is 0.824. The molecule has 104 valence electrons. The Bertz CT molecular complexity index is 409. The maximum atomic E-state index is 5.39. The topological polar surface area (TPSA) is 12.5 Å². The molecule has 0 aromatic heterocycles. The molecule has 0 aliphatic carbocycles. The summed E-state index contributed by atoms with van der Waals surface area (Å²) in [6.07, 6.45) is 2.63. The van der Waals surface area contributed by atoms with Crippen LogP contribution in [0.4, 0.5) is 0 Å². The zero-order valence-corrected chi connectivity index (χ0v) is 12.2. The molecule has 1 aromatic rings. The fourth-order valence-corrected chi connectivity index (χ4v) is 3.13. The van der Waals surface area contributed by atoms with Gasteiger partial charge < -0.3 is 4.74 Å². The van der Waals surface area contributed by atoms with E-state index in [-0.39, 0.29) is 0 Å². The van der Waals surface area contributed by atoms with Crippen molar-refractivity contribution in [3.8, 4) is 0 Å². The van der Waals surface area contributed by atoms with Crippen LogP contribution in [0.1, 0.15) is 43.7 Å². The largest absolute Gasteiger partial charge is 0.380 e. The molecule has 0 amide bonds. The van der Waals surface area contributed by atoms with E-state index in [1.165, 1.54) is 37.1 Å². The van der Waals surface area contributed by atoms with Gasteiger partial charge in [0.1, 0.15) is 0 Å². The number of hydrogen-bond donors (Lipinski definition) is 0. The van der Waals surface area contributed by atoms with Gasteiger partial charge in [-0.15, -0.1) is 0 Å². The highest BCUT2D eigenvalue weighted by molar-refractivity contribution is 5.24. The van der Waals surface area contributed by atoms with Gasteiger partial charge in [0.05, 0.1) is 13.2 Å². The van der Waals surface area contributed by atoms with Crippen molar-refractivity contribution in [1.29, 1.82) is 0 Å². The Hall–Kier alpha value is -0.860. The van der Waals surface area contributed by atoms with Gasteiger partial charge in [0.2, 0.25) is 0 Å². The Labute approximate surface area is 116 Å². The summed E-state index contributed by atoms with van der Waals surface area (Å²) in [5.41, 5.74) is 3.44. The summed E-state index contributed by atoms with van der Waals surface area (Å²) < 4.78 is 5.39. The van der Waals surface area contributed by atoms with E-state index in [2.05, 4.69) is 43.0 Å². The molecule has 19 heavy (non-hydrogen) atoms. The molecule has 0 unspecified atom stereocenters. The molecule has 2 nitrogen and oxygen atoms in total. The number of ether oxygens (including phenoxy) is 1. The highest BCUT2D eigenvalue weighted by Crippen LogP contribution is 2.38. The SMILES string of the molecule is CC(C)c1ccc(CN2CCC3(CC2)COC3)cc1. The second-order valence-corrected chi connectivity index (χ2v) is 6.67. The summed E-state index contributed by atoms with van der Waals surface area (Å²) in [6, 6.07) is 9.16. The van der Waals surface area contributed by atoms with Crippen LogP contribution in [0.3, 0.4) is 0 Å². The fraction of sp³-hybridized carbons (Fsp3) is 0.647. The average molecular weight is 259 g/mol. The molecule has 0 radical (unpaired) electrons. The average Bonchev–Trinajstić information content (AvgIpc) is 2.38. The van der Waals surface area contributed by atoms with Gasteiger partial charge >= 0.3 is 0 Å². The van der Waals surface area contributed by atoms with Crippen LogP contribution in [0.15, 0.2) is 24.3 Å². The van der Waals surface area contributed by atoms with Gasteiger partial charge in [-0.1, -0.05) is 38.1 Å². The first kappa shape index (κ1) is 13.1. The number of hydrogen-bond acceptors (Lipinski definition) is 2. The third-order valence-corrected chi connectivity index (χ3v) is 4.79. The maximum absolute atomic E-state index is 5.39. The molecule has 0 atom stereocenters. The number of benzene rings is 1. The van der Waals surface area contributed by atoms with E-state index in [0.717, 1.165) is 19.8 Å². The summed E-state index contributed by atoms with van der Waals surface area (Å²) in [7, 11) is 0. The van der Waals surface area contributed by atoms with Gasteiger partial charge in [-0.05, 0) is 43.0 Å². The predicted octanol–water partition coefficient (Wildman–Crippen LogP) is 3.42. The van der Waals surface area contributed by atoms with Crippen molar-refractivity contribution in [2.75, 3.05) is 26.3 Å². The Kier molecular flexibility index (Phi) is 3.64. The molecule has 2 fully saturated rings. The molecule has 2 saturated heterocycles. The Balaban J connectivity index is 1.54. The predicted molar refractivity (Wildman–Crippen MR) is 78.3 cm³/mol. The van der Waals surface area contributed by atoms with E-state index in [0.29, 0.717) is 11.3 Å². The van der Waals surface area contributed by atoms with Gasteiger partial charge in [0.15, 0.2) is 0 Å². The highest BCUT2D eigenvalue weighted by atomic mass is 16.5. The van der Waals surface area contributed by atoms with Crippen molar-refractivity contribution in [2.45, 2.75) is 39.2 Å². The van der Waals surface area contributed by atoms with Crippen LogP contribution in [-0.4, -0.2) is 31.2 Å². The molecule has 2 aliphatic rings. The van der Waals surface area contributed by atoms with Crippen LogP contribution < -0.4 is 0 Å². The van der Waals surface area contributed by atoms with Crippen LogP contribution in [0.25, 0.3) is 0 Å². The Morgan fingerprint density at radius 3 is 2.21 bits per heavy atom. The van der Waals surface area contributed by atoms with E-state index in [4.69, 9.17) is 4.74 Å². The van der Waals surface area contributed by atoms with Crippen LogP contribution in [0, 0.1) is 5.41 Å². The second-order valence-electron chi connectivity index (χ2n) is 6.67. The summed E-state index contributed by atoms with van der Waals surface area (Å²) in [5, 5.41) is 0. The van der Waals surface area contributed by atoms with Gasteiger partial charge in [-0.2, -0.15) is 0 Å². The molecule has 2 aliphatic heterocycles. The van der Waals surface area contributed by atoms with Gasteiger partial charge in [-0.3, -0.25) is 4.90 Å². The molecule has 1 aromatic carbocycles. The normalized spacial score (nSPS) is 22.7. The number of likely N-dealkylation sites (tertiary alicyclic amines) is 1. The van der Waals surface area contributed by atoms with Gasteiger partial charge in [0, 0.05) is 12.0 Å². The van der Waals surface area contributed by atoms with Crippen LogP contribution >= 0.6 is 0 Å². The minimum atomic E-state index is 0.554. The molecule has 1 spiro atoms. The van der Waals surface area contributed by atoms with E-state index in [9.17, 15) is 0 Å². The van der Waals surface area contributed by atoms with Crippen molar-refractivity contribution in [3.05, 3.63) is 35.4 Å². The van der Waals surface area contributed by atoms with Crippen molar-refractivity contribution in [3.63, 3.8) is 0 Å². The van der Waals surface area contributed by atoms with E-state index >= 15 is 0 Å². The van der Waals surface area contributed by atoms with E-state index in [1.807, 2.05) is 0 Å². The van der Waals surface area contributed by atoms with Crippen LogP contribution in [0.5, 0.6) is 0 Å². The lowest BCUT2D eigenvalue weighted by atomic mass is 9.77. The summed E-state index contributed by atoms with van der Waals surface area (Å²) in [6.45, 7) is 10.1. The van der Waals surface area contributed by atoms with E-state index in [1.54, 1.807) is 0 Å². The summed E-state index contributed by atoms with van der Waals surface area (Å²) in [5.74, 6) is 0.627. The first-order valence-electron chi connectivity index (χ1n) is 7.56. The Morgan fingerprint density at radius 2 is 1.74 bits per heavy atom. The first-order chi connectivity index (χ1) is 9.17. The molecular weight excluding hydrogens is 234 g/mol. The fourth-order valence-electron chi connectivity index (χ4n) is 3.13. The van der Waals surface area contributed by atoms with Crippen molar-refractivity contribution in [2.24, 2.45) is 5.41 Å². The zero-order chi connectivity index (χ0) is 13.3. The number of piperidine rings is 1. The molecule has 0 bridgehead atoms. The standard InChI is InChI=1S/C17H25NO/c1-14(2)16-5-3-15(4-6-16)11-18-9-7-17(8-10-18)12-19-13-17/h3-6,14H,7-13H2,1-2H3. The monoisotopic (exact) mass is 259 g/mol. The minimum Gasteiger partial charge on any atom is -0.380 e. The smallest absolute Gasteiger partial charge is 0.0545 e. The molecule has 2 heteroatoms. The number of rotatable bonds is 3. The third-order valence-electron chi connectivity index (χ3n) is 4.79. The number of nitrogens with zero attached hydrogens (tertiary/aromatic N) is 1. The maximum Gasteiger partial charge on any atom is 0.0545 e. The second kappa shape index (κ2) is 5.26. The molecular formula is C17H25NO. The van der Waals surface area contributed by atoms with Crippen molar-refractivity contribution >= 4 is 0 Å². The lowest BCUT2D eigenvalue weighted by Crippen LogP contribution is -2.50. The summed E-state index contributed by atoms with van der Waals surface area (Å²) >= 11 is 0. The van der Waals surface area contributed by atoms with Crippen molar-refractivity contribution in [1.82, 2.24) is 4.90 Å². The summed E-state index contributed by atoms with van der Waals surface area (Å²) in [4.78, 5) is 2.59. The third kappa shape index (κ3) is 2.85. The molecule has 0 saturated carbocycles. The Morgan fingerprint density at radius 1 is 1.11 bits per heavy atom. The van der Waals surface area contributed by atoms with Crippen molar-refractivity contribution < 1.29 is 4.74 Å². The van der Waals surface area contributed by atoms with Gasteiger partial charge in [0.25, 0.3) is 0 Å². The molecule has 0 N–H and O–H groups in total. The van der Waals surface area contributed by atoms with Gasteiger partial charge in [-0.25, -0.2) is 0 Å². The van der Waals surface area contributed by atoms with Crippen LogP contribution in [-0.2, 0) is 11.3 Å². The highest BCUT2D eigenvalue weighted by Gasteiger charge is 2.40. The van der Waals surface area contributed by atoms with Crippen LogP contribution in [0.2, 0.25) is 0 Å². The lowest BCUT2D eigenvalue weighted by Gasteiger charge is -2.47.